The Bertz CT molecular complexity index is 1250. The lowest BCUT2D eigenvalue weighted by atomic mass is 9.99. The molecule has 1 aliphatic rings. The fourth-order valence-electron chi connectivity index (χ4n) is 4.24. The number of aliphatic carboxylic acids is 1. The molecule has 0 unspecified atom stereocenters. The molecule has 1 atom stereocenters. The molecular formula is C27H23FN2O2S. The Kier molecular flexibility index (Phi) is 5.92. The first-order valence-corrected chi connectivity index (χ1v) is 11.8. The number of benzene rings is 3. The lowest BCUT2D eigenvalue weighted by molar-refractivity contribution is -0.141. The Morgan fingerprint density at radius 3 is 2.21 bits per heavy atom. The summed E-state index contributed by atoms with van der Waals surface area (Å²) in [5.41, 5.74) is 4.94. The molecule has 0 bridgehead atoms. The molecule has 1 N–H and O–H groups in total. The largest absolute Gasteiger partial charge is 0.481 e. The molecule has 1 saturated heterocycles. The van der Waals surface area contributed by atoms with Gasteiger partial charge in [-0.2, -0.15) is 0 Å². The van der Waals surface area contributed by atoms with E-state index in [2.05, 4.69) is 17.0 Å². The van der Waals surface area contributed by atoms with Gasteiger partial charge in [-0.15, -0.1) is 0 Å². The third-order valence-corrected chi connectivity index (χ3v) is 7.19. The number of piperidine rings is 1. The number of carboxylic acid groups (broad SMARTS) is 1. The number of hydrogen-bond acceptors (Lipinski definition) is 4. The summed E-state index contributed by atoms with van der Waals surface area (Å²) in [7, 11) is 0. The molecule has 3 aromatic carbocycles. The van der Waals surface area contributed by atoms with Crippen LogP contribution in [-0.4, -0.2) is 29.1 Å². The van der Waals surface area contributed by atoms with E-state index in [9.17, 15) is 14.3 Å². The molecular weight excluding hydrogens is 435 g/mol. The van der Waals surface area contributed by atoms with E-state index in [1.54, 1.807) is 23.5 Å². The highest BCUT2D eigenvalue weighted by Crippen LogP contribution is 2.41. The molecule has 4 aromatic rings. The molecule has 0 saturated carbocycles. The van der Waals surface area contributed by atoms with Gasteiger partial charge in [0.25, 0.3) is 0 Å². The van der Waals surface area contributed by atoms with Gasteiger partial charge < -0.3 is 10.0 Å². The van der Waals surface area contributed by atoms with Gasteiger partial charge in [0.1, 0.15) is 5.82 Å². The number of carboxylic acids is 1. The minimum Gasteiger partial charge on any atom is -0.481 e. The van der Waals surface area contributed by atoms with E-state index in [0.29, 0.717) is 13.0 Å². The van der Waals surface area contributed by atoms with Gasteiger partial charge in [-0.3, -0.25) is 4.79 Å². The van der Waals surface area contributed by atoms with E-state index in [4.69, 9.17) is 4.98 Å². The van der Waals surface area contributed by atoms with Crippen LogP contribution >= 0.6 is 11.3 Å². The fourth-order valence-corrected chi connectivity index (χ4v) is 5.37. The first-order valence-electron chi connectivity index (χ1n) is 11.0. The molecule has 33 heavy (non-hydrogen) atoms. The molecule has 0 radical (unpaired) electrons. The smallest absolute Gasteiger partial charge is 0.308 e. The topological polar surface area (TPSA) is 53.4 Å². The zero-order valence-electron chi connectivity index (χ0n) is 17.9. The summed E-state index contributed by atoms with van der Waals surface area (Å²) in [6.07, 6.45) is 1.55. The third-order valence-electron chi connectivity index (χ3n) is 6.03. The van der Waals surface area contributed by atoms with Crippen molar-refractivity contribution in [2.75, 3.05) is 18.0 Å². The van der Waals surface area contributed by atoms with Crippen LogP contribution in [0.15, 0.2) is 78.9 Å². The van der Waals surface area contributed by atoms with Gasteiger partial charge in [-0.25, -0.2) is 9.37 Å². The maximum Gasteiger partial charge on any atom is 0.308 e. The first-order chi connectivity index (χ1) is 16.1. The van der Waals surface area contributed by atoms with Crippen molar-refractivity contribution in [1.82, 2.24) is 4.98 Å². The summed E-state index contributed by atoms with van der Waals surface area (Å²) >= 11 is 1.61. The van der Waals surface area contributed by atoms with Crippen LogP contribution in [0.2, 0.25) is 0 Å². The van der Waals surface area contributed by atoms with Gasteiger partial charge in [0, 0.05) is 18.7 Å². The second-order valence-corrected chi connectivity index (χ2v) is 9.23. The summed E-state index contributed by atoms with van der Waals surface area (Å²) in [6.45, 7) is 1.30. The molecule has 0 amide bonds. The van der Waals surface area contributed by atoms with Crippen molar-refractivity contribution in [3.63, 3.8) is 0 Å². The second kappa shape index (κ2) is 9.16. The van der Waals surface area contributed by atoms with Gasteiger partial charge in [0.2, 0.25) is 0 Å². The van der Waals surface area contributed by atoms with Gasteiger partial charge in [0.05, 0.1) is 16.5 Å². The summed E-state index contributed by atoms with van der Waals surface area (Å²) < 4.78 is 13.3. The van der Waals surface area contributed by atoms with Gasteiger partial charge in [-0.05, 0) is 41.7 Å². The second-order valence-electron chi connectivity index (χ2n) is 8.25. The van der Waals surface area contributed by atoms with Crippen molar-refractivity contribution in [2.45, 2.75) is 12.8 Å². The van der Waals surface area contributed by atoms with Crippen LogP contribution in [0.25, 0.3) is 32.8 Å². The number of hydrogen-bond donors (Lipinski definition) is 1. The van der Waals surface area contributed by atoms with Crippen LogP contribution in [0, 0.1) is 11.7 Å². The zero-order chi connectivity index (χ0) is 22.8. The monoisotopic (exact) mass is 458 g/mol. The van der Waals surface area contributed by atoms with Crippen LogP contribution < -0.4 is 4.90 Å². The third kappa shape index (κ3) is 4.52. The quantitative estimate of drug-likeness (QED) is 0.367. The molecule has 4 nitrogen and oxygen atoms in total. The van der Waals surface area contributed by atoms with E-state index in [-0.39, 0.29) is 11.7 Å². The molecule has 1 aliphatic heterocycles. The SMILES string of the molecule is O=C(O)[C@@H]1CCCN(c2nc(-c3ccc(-c4ccc(F)cc4)cc3)c(-c3ccccc3)s2)C1. The molecule has 6 heteroatoms. The van der Waals surface area contributed by atoms with Crippen molar-refractivity contribution < 1.29 is 14.3 Å². The van der Waals surface area contributed by atoms with Crippen LogP contribution in [0.5, 0.6) is 0 Å². The highest BCUT2D eigenvalue weighted by Gasteiger charge is 2.28. The van der Waals surface area contributed by atoms with Crippen LogP contribution in [0.3, 0.4) is 0 Å². The van der Waals surface area contributed by atoms with Gasteiger partial charge in [0.15, 0.2) is 5.13 Å². The zero-order valence-corrected chi connectivity index (χ0v) is 18.8. The summed E-state index contributed by atoms with van der Waals surface area (Å²) in [5, 5.41) is 10.3. The van der Waals surface area contributed by atoms with E-state index >= 15 is 0 Å². The number of carbonyl (C=O) groups is 1. The van der Waals surface area contributed by atoms with Crippen LogP contribution in [0.4, 0.5) is 9.52 Å². The van der Waals surface area contributed by atoms with E-state index in [1.807, 2.05) is 42.5 Å². The normalized spacial score (nSPS) is 16.0. The molecule has 0 spiro atoms. The fraction of sp³-hybridized carbons (Fsp3) is 0.185. The molecule has 1 aromatic heterocycles. The van der Waals surface area contributed by atoms with Crippen molar-refractivity contribution in [3.05, 3.63) is 84.7 Å². The lowest BCUT2D eigenvalue weighted by Crippen LogP contribution is -2.38. The molecule has 0 aliphatic carbocycles. The van der Waals surface area contributed by atoms with Gasteiger partial charge >= 0.3 is 5.97 Å². The summed E-state index contributed by atoms with van der Waals surface area (Å²) in [5.74, 6) is -1.35. The van der Waals surface area contributed by atoms with Gasteiger partial charge in [-0.1, -0.05) is 78.1 Å². The highest BCUT2D eigenvalue weighted by atomic mass is 32.1. The minimum atomic E-state index is -0.740. The predicted molar refractivity (Wildman–Crippen MR) is 131 cm³/mol. The van der Waals surface area contributed by atoms with Crippen LogP contribution in [-0.2, 0) is 4.79 Å². The average Bonchev–Trinajstić information content (AvgIpc) is 3.31. The molecule has 1 fully saturated rings. The maximum atomic E-state index is 13.3. The minimum absolute atomic E-state index is 0.249. The highest BCUT2D eigenvalue weighted by molar-refractivity contribution is 7.19. The predicted octanol–water partition coefficient (Wildman–Crippen LogP) is 6.58. The van der Waals surface area contributed by atoms with E-state index in [0.717, 1.165) is 50.9 Å². The van der Waals surface area contributed by atoms with Crippen molar-refractivity contribution in [2.24, 2.45) is 5.92 Å². The maximum absolute atomic E-state index is 13.3. The molecule has 166 valence electrons. The number of thiazole rings is 1. The van der Waals surface area contributed by atoms with Crippen molar-refractivity contribution in [3.8, 4) is 32.8 Å². The number of halogens is 1. The van der Waals surface area contributed by atoms with E-state index < -0.39 is 5.97 Å². The summed E-state index contributed by atoms with van der Waals surface area (Å²) in [4.78, 5) is 19.7. The standard InChI is InChI=1S/C27H23FN2O2S/c28-23-14-12-19(13-15-23)18-8-10-20(11-9-18)24-25(21-5-2-1-3-6-21)33-27(29-24)30-16-4-7-22(17-30)26(31)32/h1-3,5-6,8-15,22H,4,7,16-17H2,(H,31,32)/t22-/m1/s1. The molecule has 2 heterocycles. The van der Waals surface area contributed by atoms with E-state index in [1.165, 1.54) is 12.1 Å². The number of rotatable bonds is 5. The Hall–Kier alpha value is -3.51. The van der Waals surface area contributed by atoms with Crippen molar-refractivity contribution in [1.29, 1.82) is 0 Å². The number of nitrogens with zero attached hydrogens (tertiary/aromatic N) is 2. The molecule has 5 rings (SSSR count). The Morgan fingerprint density at radius 2 is 1.55 bits per heavy atom. The summed E-state index contributed by atoms with van der Waals surface area (Å²) in [6, 6.07) is 24.8. The Morgan fingerprint density at radius 1 is 0.909 bits per heavy atom. The first kappa shape index (κ1) is 21.3. The van der Waals surface area contributed by atoms with Crippen LogP contribution in [0.1, 0.15) is 12.8 Å². The Balaban J connectivity index is 1.52. The number of anilines is 1. The lowest BCUT2D eigenvalue weighted by Gasteiger charge is -2.30. The van der Waals surface area contributed by atoms with Crippen molar-refractivity contribution >= 4 is 22.4 Å². The Labute approximate surface area is 196 Å². The number of aromatic nitrogens is 1. The average molecular weight is 459 g/mol.